The van der Waals surface area contributed by atoms with E-state index in [1.165, 1.54) is 24.1 Å². The van der Waals surface area contributed by atoms with Crippen LogP contribution in [-0.4, -0.2) is 51.4 Å². The molecule has 39 heavy (non-hydrogen) atoms. The number of benzene rings is 3. The second-order valence-corrected chi connectivity index (χ2v) is 11.7. The summed E-state index contributed by atoms with van der Waals surface area (Å²) >= 11 is 0. The molecule has 0 saturated heterocycles. The van der Waals surface area contributed by atoms with Crippen molar-refractivity contribution in [2.45, 2.75) is 45.2 Å². The van der Waals surface area contributed by atoms with Gasteiger partial charge in [-0.3, -0.25) is 13.9 Å². The van der Waals surface area contributed by atoms with Crippen molar-refractivity contribution in [2.75, 3.05) is 24.5 Å². The molecule has 1 atom stereocenters. The van der Waals surface area contributed by atoms with Crippen LogP contribution in [0.25, 0.3) is 0 Å². The number of methoxy groups -OCH3 is 1. The third kappa shape index (κ3) is 7.60. The first kappa shape index (κ1) is 29.7. The van der Waals surface area contributed by atoms with Gasteiger partial charge in [0.25, 0.3) is 10.0 Å². The summed E-state index contributed by atoms with van der Waals surface area (Å²) in [5.74, 6) is -0.287. The molecule has 3 aromatic carbocycles. The zero-order valence-electron chi connectivity index (χ0n) is 23.1. The van der Waals surface area contributed by atoms with Gasteiger partial charge in [0.1, 0.15) is 18.3 Å². The van der Waals surface area contributed by atoms with Gasteiger partial charge in [0.2, 0.25) is 11.8 Å². The highest BCUT2D eigenvalue weighted by Gasteiger charge is 2.33. The highest BCUT2D eigenvalue weighted by Crippen LogP contribution is 2.32. The minimum atomic E-state index is -4.16. The molecule has 0 aliphatic heterocycles. The van der Waals surface area contributed by atoms with Crippen molar-refractivity contribution in [3.05, 3.63) is 90.0 Å². The maximum Gasteiger partial charge on any atom is 0.264 e. The number of anilines is 1. The van der Waals surface area contributed by atoms with E-state index in [0.717, 1.165) is 15.4 Å². The van der Waals surface area contributed by atoms with Crippen LogP contribution in [-0.2, 0) is 26.2 Å². The van der Waals surface area contributed by atoms with Crippen molar-refractivity contribution in [3.8, 4) is 5.75 Å². The van der Waals surface area contributed by atoms with Crippen molar-refractivity contribution in [2.24, 2.45) is 5.92 Å². The monoisotopic (exact) mass is 551 g/mol. The first-order valence-corrected chi connectivity index (χ1v) is 14.3. The van der Waals surface area contributed by atoms with Crippen LogP contribution in [0.1, 0.15) is 31.9 Å². The number of rotatable bonds is 12. The van der Waals surface area contributed by atoms with Crippen molar-refractivity contribution in [1.82, 2.24) is 10.2 Å². The van der Waals surface area contributed by atoms with Crippen molar-refractivity contribution >= 4 is 27.5 Å². The summed E-state index contributed by atoms with van der Waals surface area (Å²) in [6.45, 7) is 7.66. The molecule has 0 aliphatic rings. The van der Waals surface area contributed by atoms with E-state index in [0.29, 0.717) is 12.3 Å². The van der Waals surface area contributed by atoms with Gasteiger partial charge in [0.05, 0.1) is 17.7 Å². The fraction of sp³-hybridized carbons (Fsp3) is 0.333. The minimum absolute atomic E-state index is 0.0386. The van der Waals surface area contributed by atoms with Gasteiger partial charge in [-0.1, -0.05) is 74.0 Å². The number of nitrogens with one attached hydrogen (secondary N) is 1. The summed E-state index contributed by atoms with van der Waals surface area (Å²) < 4.78 is 34.2. The molecular formula is C30H37N3O5S. The summed E-state index contributed by atoms with van der Waals surface area (Å²) in [5.41, 5.74) is 2.07. The summed E-state index contributed by atoms with van der Waals surface area (Å²) in [6, 6.07) is 21.4. The van der Waals surface area contributed by atoms with Gasteiger partial charge in [-0.05, 0) is 49.6 Å². The Hall–Kier alpha value is -3.85. The fourth-order valence-electron chi connectivity index (χ4n) is 4.11. The third-order valence-corrected chi connectivity index (χ3v) is 8.03. The molecule has 8 nitrogen and oxygen atoms in total. The Morgan fingerprint density at radius 1 is 0.923 bits per heavy atom. The van der Waals surface area contributed by atoms with Crippen LogP contribution >= 0.6 is 0 Å². The van der Waals surface area contributed by atoms with E-state index >= 15 is 0 Å². The zero-order valence-corrected chi connectivity index (χ0v) is 23.9. The molecule has 0 aliphatic carbocycles. The molecular weight excluding hydrogens is 514 g/mol. The Kier molecular flexibility index (Phi) is 10.1. The second kappa shape index (κ2) is 13.3. The maximum atomic E-state index is 14.0. The van der Waals surface area contributed by atoms with E-state index < -0.39 is 28.5 Å². The van der Waals surface area contributed by atoms with Gasteiger partial charge in [-0.2, -0.15) is 0 Å². The molecule has 3 aromatic rings. The first-order chi connectivity index (χ1) is 18.5. The highest BCUT2D eigenvalue weighted by atomic mass is 32.2. The topological polar surface area (TPSA) is 96.0 Å². The predicted octanol–water partition coefficient (Wildman–Crippen LogP) is 4.39. The summed E-state index contributed by atoms with van der Waals surface area (Å²) in [7, 11) is -2.71. The lowest BCUT2D eigenvalue weighted by Gasteiger charge is -2.32. The number of nitrogens with zero attached hydrogens (tertiary/aromatic N) is 2. The van der Waals surface area contributed by atoms with Crippen LogP contribution in [0.15, 0.2) is 83.8 Å². The number of aryl methyl sites for hydroxylation is 1. The Morgan fingerprint density at radius 2 is 1.59 bits per heavy atom. The lowest BCUT2D eigenvalue weighted by molar-refractivity contribution is -0.139. The van der Waals surface area contributed by atoms with E-state index in [2.05, 4.69) is 5.32 Å². The molecule has 208 valence electrons. The lowest BCUT2D eigenvalue weighted by Crippen LogP contribution is -2.51. The molecule has 0 spiro atoms. The number of amides is 2. The first-order valence-electron chi connectivity index (χ1n) is 12.9. The van der Waals surface area contributed by atoms with Crippen LogP contribution in [0.2, 0.25) is 0 Å². The molecule has 0 unspecified atom stereocenters. The molecule has 0 bridgehead atoms. The molecule has 0 saturated carbocycles. The lowest BCUT2D eigenvalue weighted by atomic mass is 10.1. The van der Waals surface area contributed by atoms with Crippen molar-refractivity contribution < 1.29 is 22.7 Å². The number of sulfonamides is 1. The average Bonchev–Trinajstić information content (AvgIpc) is 2.93. The van der Waals surface area contributed by atoms with Crippen molar-refractivity contribution in [1.29, 1.82) is 0 Å². The standard InChI is InChI=1S/C30H37N3O5S/c1-22(2)19-31-30(35)24(4)32(20-25-13-11-12-23(3)18-25)29(34)21-33(27-16-9-10-17-28(27)38-5)39(36,37)26-14-7-6-8-15-26/h6-18,22,24H,19-21H2,1-5H3,(H,31,35)/t24-/m1/s1. The molecule has 9 heteroatoms. The Labute approximate surface area is 231 Å². The zero-order chi connectivity index (χ0) is 28.6. The normalized spacial score (nSPS) is 12.1. The number of carbonyl (C=O) groups excluding carboxylic acids is 2. The Morgan fingerprint density at radius 3 is 2.23 bits per heavy atom. The molecule has 3 rings (SSSR count). The quantitative estimate of drug-likeness (QED) is 0.360. The second-order valence-electron chi connectivity index (χ2n) is 9.82. The molecule has 0 heterocycles. The minimum Gasteiger partial charge on any atom is -0.495 e. The number of ether oxygens (including phenoxy) is 1. The number of hydrogen-bond acceptors (Lipinski definition) is 5. The van der Waals surface area contributed by atoms with Crippen LogP contribution in [0.5, 0.6) is 5.75 Å². The van der Waals surface area contributed by atoms with Gasteiger partial charge >= 0.3 is 0 Å². The van der Waals surface area contributed by atoms with Gasteiger partial charge in [-0.15, -0.1) is 0 Å². The summed E-state index contributed by atoms with van der Waals surface area (Å²) in [4.78, 5) is 28.5. The molecule has 2 amide bonds. The molecule has 0 radical (unpaired) electrons. The van der Waals surface area contributed by atoms with E-state index in [1.807, 2.05) is 45.0 Å². The molecule has 1 N–H and O–H groups in total. The smallest absolute Gasteiger partial charge is 0.264 e. The Bertz CT molecular complexity index is 1380. The van der Waals surface area contributed by atoms with Crippen LogP contribution in [0.4, 0.5) is 5.69 Å². The van der Waals surface area contributed by atoms with Gasteiger partial charge in [0.15, 0.2) is 0 Å². The van der Waals surface area contributed by atoms with Crippen LogP contribution in [0, 0.1) is 12.8 Å². The van der Waals surface area contributed by atoms with E-state index in [9.17, 15) is 18.0 Å². The van der Waals surface area contributed by atoms with Crippen LogP contribution < -0.4 is 14.4 Å². The highest BCUT2D eigenvalue weighted by molar-refractivity contribution is 7.92. The molecule has 0 aromatic heterocycles. The van der Waals surface area contributed by atoms with Crippen molar-refractivity contribution in [3.63, 3.8) is 0 Å². The van der Waals surface area contributed by atoms with Gasteiger partial charge < -0.3 is 15.0 Å². The Balaban J connectivity index is 2.04. The fourth-order valence-corrected chi connectivity index (χ4v) is 5.56. The average molecular weight is 552 g/mol. The largest absolute Gasteiger partial charge is 0.495 e. The summed E-state index contributed by atoms with van der Waals surface area (Å²) in [6.07, 6.45) is 0. The van der Waals surface area contributed by atoms with E-state index in [-0.39, 0.29) is 29.0 Å². The van der Waals surface area contributed by atoms with E-state index in [1.54, 1.807) is 49.4 Å². The number of para-hydroxylation sites is 2. The number of hydrogen-bond donors (Lipinski definition) is 1. The number of carbonyl (C=O) groups is 2. The van der Waals surface area contributed by atoms with E-state index in [4.69, 9.17) is 4.74 Å². The maximum absolute atomic E-state index is 14.0. The third-order valence-electron chi connectivity index (χ3n) is 6.25. The SMILES string of the molecule is COc1ccccc1N(CC(=O)N(Cc1cccc(C)c1)[C@H](C)C(=O)NCC(C)C)S(=O)(=O)c1ccccc1. The van der Waals surface area contributed by atoms with Gasteiger partial charge in [0, 0.05) is 13.1 Å². The molecule has 0 fully saturated rings. The predicted molar refractivity (Wildman–Crippen MR) is 153 cm³/mol. The summed E-state index contributed by atoms with van der Waals surface area (Å²) in [5, 5.41) is 2.89. The van der Waals surface area contributed by atoms with Crippen LogP contribution in [0.3, 0.4) is 0 Å². The van der Waals surface area contributed by atoms with Gasteiger partial charge in [-0.25, -0.2) is 8.42 Å².